The van der Waals surface area contributed by atoms with E-state index in [1.807, 2.05) is 19.1 Å². The monoisotopic (exact) mass is 483 g/mol. The Morgan fingerprint density at radius 2 is 1.97 bits per heavy atom. The number of thiocarbonyl (C=S) groups is 1. The van der Waals surface area contributed by atoms with Crippen LogP contribution in [0, 0.1) is 6.92 Å². The molecular weight excluding hydrogens is 454 g/mol. The maximum atomic E-state index is 12.8. The van der Waals surface area contributed by atoms with E-state index in [1.54, 1.807) is 22.3 Å². The summed E-state index contributed by atoms with van der Waals surface area (Å²) < 4.78 is 7.14. The number of rotatable bonds is 6. The Kier molecular flexibility index (Phi) is 7.72. The lowest BCUT2D eigenvalue weighted by Crippen LogP contribution is -2.21. The molecule has 0 atom stereocenters. The van der Waals surface area contributed by atoms with Gasteiger partial charge in [0, 0.05) is 4.88 Å². The van der Waals surface area contributed by atoms with Gasteiger partial charge in [0.05, 0.1) is 18.7 Å². The second kappa shape index (κ2) is 10.9. The number of hydrogen-bond acceptors (Lipinski definition) is 6. The summed E-state index contributed by atoms with van der Waals surface area (Å²) in [5.74, 6) is 0.121. The lowest BCUT2D eigenvalue weighted by atomic mass is 9.96. The predicted octanol–water partition coefficient (Wildman–Crippen LogP) is 5.34. The zero-order chi connectivity index (χ0) is 23.2. The summed E-state index contributed by atoms with van der Waals surface area (Å²) in [7, 11) is 0. The summed E-state index contributed by atoms with van der Waals surface area (Å²) in [6.45, 7) is 4.88. The third-order valence-electron chi connectivity index (χ3n) is 5.73. The van der Waals surface area contributed by atoms with Crippen molar-refractivity contribution in [2.24, 2.45) is 0 Å². The van der Waals surface area contributed by atoms with Gasteiger partial charge in [-0.25, -0.2) is 14.5 Å². The van der Waals surface area contributed by atoms with Crippen LogP contribution in [0.2, 0.25) is 0 Å². The van der Waals surface area contributed by atoms with Crippen molar-refractivity contribution < 1.29 is 9.53 Å². The van der Waals surface area contributed by atoms with Gasteiger partial charge in [-0.05, 0) is 68.4 Å². The van der Waals surface area contributed by atoms with Gasteiger partial charge in [-0.1, -0.05) is 37.1 Å². The molecule has 7 nitrogen and oxygen atoms in total. The Morgan fingerprint density at radius 1 is 1.18 bits per heavy atom. The Labute approximate surface area is 203 Å². The molecule has 3 aromatic rings. The number of aromatic nitrogens is 3. The molecule has 2 aromatic heterocycles. The smallest absolute Gasteiger partial charge is 0.341 e. The molecule has 1 aliphatic carbocycles. The number of benzene rings is 1. The second-order valence-electron chi connectivity index (χ2n) is 8.11. The van der Waals surface area contributed by atoms with Crippen molar-refractivity contribution in [2.75, 3.05) is 17.2 Å². The fourth-order valence-corrected chi connectivity index (χ4v) is 5.59. The minimum Gasteiger partial charge on any atom is -0.462 e. The summed E-state index contributed by atoms with van der Waals surface area (Å²) in [4.78, 5) is 18.4. The van der Waals surface area contributed by atoms with Crippen molar-refractivity contribution >= 4 is 45.6 Å². The van der Waals surface area contributed by atoms with E-state index in [0.717, 1.165) is 36.2 Å². The number of thiophene rings is 1. The Bertz CT molecular complexity index is 1140. The predicted molar refractivity (Wildman–Crippen MR) is 136 cm³/mol. The van der Waals surface area contributed by atoms with Crippen molar-refractivity contribution in [1.29, 1.82) is 0 Å². The zero-order valence-electron chi connectivity index (χ0n) is 19.0. The number of hydrogen-bond donors (Lipinski definition) is 2. The van der Waals surface area contributed by atoms with Crippen molar-refractivity contribution in [2.45, 2.75) is 58.9 Å². The highest BCUT2D eigenvalue weighted by Gasteiger charge is 2.25. The van der Waals surface area contributed by atoms with Crippen LogP contribution in [0.15, 0.2) is 30.6 Å². The first kappa shape index (κ1) is 23.4. The summed E-state index contributed by atoms with van der Waals surface area (Å²) in [6.07, 6.45) is 8.20. The average molecular weight is 484 g/mol. The van der Waals surface area contributed by atoms with Crippen LogP contribution in [0.25, 0.3) is 0 Å². The molecule has 1 aliphatic rings. The second-order valence-corrected chi connectivity index (χ2v) is 9.63. The molecule has 33 heavy (non-hydrogen) atoms. The van der Waals surface area contributed by atoms with Gasteiger partial charge >= 0.3 is 5.97 Å². The van der Waals surface area contributed by atoms with E-state index in [0.29, 0.717) is 29.8 Å². The van der Waals surface area contributed by atoms with Gasteiger partial charge in [-0.3, -0.25) is 5.32 Å². The molecular formula is C24H29N5O2S2. The molecule has 0 spiro atoms. The van der Waals surface area contributed by atoms with Crippen LogP contribution in [0.4, 0.5) is 10.9 Å². The van der Waals surface area contributed by atoms with Crippen LogP contribution in [-0.4, -0.2) is 32.5 Å². The molecule has 4 rings (SSSR count). The van der Waals surface area contributed by atoms with Gasteiger partial charge in [0.2, 0.25) is 5.95 Å². The minimum atomic E-state index is -0.290. The summed E-state index contributed by atoms with van der Waals surface area (Å²) in [6, 6.07) is 8.20. The fourth-order valence-electron chi connectivity index (χ4n) is 4.05. The highest BCUT2D eigenvalue weighted by atomic mass is 32.1. The number of nitrogens with zero attached hydrogens (tertiary/aromatic N) is 3. The highest BCUT2D eigenvalue weighted by Crippen LogP contribution is 2.37. The average Bonchev–Trinajstić information content (AvgIpc) is 3.33. The van der Waals surface area contributed by atoms with Crippen LogP contribution >= 0.6 is 23.6 Å². The molecule has 9 heteroatoms. The third-order valence-corrected chi connectivity index (χ3v) is 7.14. The Balaban J connectivity index is 1.48. The van der Waals surface area contributed by atoms with Crippen LogP contribution in [0.1, 0.15) is 64.5 Å². The SMILES string of the molecule is CCOC(=O)c1c(NC(=S)Nc2ncn(Cc3ccccc3C)n2)sc2c1CCCCCC2. The molecule has 0 saturated carbocycles. The zero-order valence-corrected chi connectivity index (χ0v) is 20.7. The Hall–Kier alpha value is -2.78. The highest BCUT2D eigenvalue weighted by molar-refractivity contribution is 7.80. The van der Waals surface area contributed by atoms with E-state index < -0.39 is 0 Å². The first-order chi connectivity index (χ1) is 16.0. The quantitative estimate of drug-likeness (QED) is 0.362. The first-order valence-corrected chi connectivity index (χ1v) is 12.6. The number of aryl methyl sites for hydroxylation is 2. The number of esters is 1. The van der Waals surface area contributed by atoms with Crippen LogP contribution in [-0.2, 0) is 24.1 Å². The van der Waals surface area contributed by atoms with Crippen LogP contribution < -0.4 is 10.6 Å². The van der Waals surface area contributed by atoms with Crippen LogP contribution in [0.5, 0.6) is 0 Å². The third kappa shape index (κ3) is 5.78. The molecule has 1 aromatic carbocycles. The molecule has 2 N–H and O–H groups in total. The number of nitrogens with one attached hydrogen (secondary N) is 2. The lowest BCUT2D eigenvalue weighted by Gasteiger charge is -2.12. The van der Waals surface area contributed by atoms with E-state index in [-0.39, 0.29) is 5.97 Å². The standard InChI is InChI=1S/C24H29N5O2S2/c1-3-31-22(30)20-18-12-6-4-5-7-13-19(18)33-21(20)26-24(32)27-23-25-15-29(28-23)14-17-11-9-8-10-16(17)2/h8-11,15H,3-7,12-14H2,1-2H3,(H2,26,27,28,32). The lowest BCUT2D eigenvalue weighted by molar-refractivity contribution is 0.0526. The van der Waals surface area contributed by atoms with Crippen molar-refractivity contribution in [3.63, 3.8) is 0 Å². The summed E-state index contributed by atoms with van der Waals surface area (Å²) in [5, 5.41) is 11.8. The molecule has 174 valence electrons. The topological polar surface area (TPSA) is 81.1 Å². The van der Waals surface area contributed by atoms with Crippen LogP contribution in [0.3, 0.4) is 0 Å². The molecule has 2 heterocycles. The Morgan fingerprint density at radius 3 is 2.76 bits per heavy atom. The van der Waals surface area contributed by atoms with Gasteiger partial charge in [-0.15, -0.1) is 16.4 Å². The normalized spacial score (nSPS) is 13.5. The number of anilines is 2. The van der Waals surface area contributed by atoms with Crippen molar-refractivity contribution in [1.82, 2.24) is 14.8 Å². The van der Waals surface area contributed by atoms with E-state index in [2.05, 4.69) is 39.8 Å². The molecule has 0 fully saturated rings. The van der Waals surface area contributed by atoms with E-state index in [9.17, 15) is 4.79 Å². The largest absolute Gasteiger partial charge is 0.462 e. The summed E-state index contributed by atoms with van der Waals surface area (Å²) in [5.41, 5.74) is 4.13. The molecule has 0 amide bonds. The molecule has 0 saturated heterocycles. The van der Waals surface area contributed by atoms with E-state index in [4.69, 9.17) is 17.0 Å². The van der Waals surface area contributed by atoms with Crippen molar-refractivity contribution in [3.05, 3.63) is 57.7 Å². The van der Waals surface area contributed by atoms with E-state index >= 15 is 0 Å². The van der Waals surface area contributed by atoms with Gasteiger partial charge in [-0.2, -0.15) is 0 Å². The molecule has 0 unspecified atom stereocenters. The van der Waals surface area contributed by atoms with Gasteiger partial charge in [0.1, 0.15) is 11.3 Å². The number of carbonyl (C=O) groups is 1. The van der Waals surface area contributed by atoms with Crippen molar-refractivity contribution in [3.8, 4) is 0 Å². The number of fused-ring (bicyclic) bond motifs is 1. The van der Waals surface area contributed by atoms with Gasteiger partial charge < -0.3 is 10.1 Å². The minimum absolute atomic E-state index is 0.290. The molecule has 0 bridgehead atoms. The van der Waals surface area contributed by atoms with Gasteiger partial charge in [0.15, 0.2) is 5.11 Å². The molecule has 0 aliphatic heterocycles. The maximum Gasteiger partial charge on any atom is 0.341 e. The number of ether oxygens (including phenoxy) is 1. The van der Waals surface area contributed by atoms with E-state index in [1.165, 1.54) is 28.8 Å². The summed E-state index contributed by atoms with van der Waals surface area (Å²) >= 11 is 7.13. The maximum absolute atomic E-state index is 12.8. The first-order valence-electron chi connectivity index (χ1n) is 11.4. The number of carbonyl (C=O) groups excluding carboxylic acids is 1. The fraction of sp³-hybridized carbons (Fsp3) is 0.417. The molecule has 0 radical (unpaired) electrons. The van der Waals surface area contributed by atoms with Gasteiger partial charge in [0.25, 0.3) is 0 Å².